The number of phenolic OH excluding ortho intramolecular Hbond substituents is 1. The van der Waals surface area contributed by atoms with Gasteiger partial charge in [-0.3, -0.25) is 9.59 Å². The lowest BCUT2D eigenvalue weighted by Crippen LogP contribution is -2.66. The summed E-state index contributed by atoms with van der Waals surface area (Å²) in [6.45, 7) is 5.10. The summed E-state index contributed by atoms with van der Waals surface area (Å²) in [5.41, 5.74) is 2.67. The normalized spacial score (nSPS) is 28.2. The Kier molecular flexibility index (Phi) is 20.8. The molecule has 14 heteroatoms. The standard InChI is InChI=1S/C59H80N2O12/c1-4-5-12-51(65)52(66)26-20-42-19-18-41-10-7-6-9-40(41)11-8-29-59(58(3,73)34-38-15-22-45(63)23-16-38)35-39-14-17-44(43(30-39)21-28-55(69)70)31-54(68)47-24-13-37(2)60-57(49(47)33-56(71)72)53(67)27-25-50(61-59)48(42)32-46(64)36-62/h6-7,9-10,14-17,20,22-23,26,30,37,46-47,49-54,57,60-68,73H,4-5,12-13,18-19,21,24-25,27-29,31-36H2,1-3H3,(H,69,70)(H,71,72)/b26-20+,48-42+/t37-,46-,47+,49-,50+,51-,52+,53+,54+,57+,58-,59+/m0/s1. The van der Waals surface area contributed by atoms with Crippen molar-refractivity contribution in [2.45, 2.75) is 190 Å². The molecule has 7 rings (SSSR count). The zero-order chi connectivity index (χ0) is 52.9. The Morgan fingerprint density at radius 1 is 0.932 bits per heavy atom. The molecule has 12 atom stereocenters. The highest BCUT2D eigenvalue weighted by molar-refractivity contribution is 5.67. The van der Waals surface area contributed by atoms with E-state index in [0.29, 0.717) is 66.4 Å². The fourth-order valence-electron chi connectivity index (χ4n) is 11.6. The summed E-state index contributed by atoms with van der Waals surface area (Å²) >= 11 is 0. The van der Waals surface area contributed by atoms with Gasteiger partial charge in [-0.1, -0.05) is 92.3 Å². The molecule has 0 aliphatic carbocycles. The quantitative estimate of drug-likeness (QED) is 0.0752. The number of carbonyl (C=O) groups is 2. The van der Waals surface area contributed by atoms with Crippen LogP contribution in [0.15, 0.2) is 90.0 Å². The number of benzene rings is 3. The van der Waals surface area contributed by atoms with Crippen LogP contribution in [0.1, 0.15) is 131 Å². The van der Waals surface area contributed by atoms with Crippen LogP contribution in [-0.2, 0) is 41.7 Å². The van der Waals surface area contributed by atoms with Gasteiger partial charge in [0.15, 0.2) is 0 Å². The van der Waals surface area contributed by atoms with Gasteiger partial charge in [0.2, 0.25) is 0 Å². The molecule has 0 amide bonds. The Morgan fingerprint density at radius 3 is 2.40 bits per heavy atom. The van der Waals surface area contributed by atoms with E-state index < -0.39 is 84.1 Å². The zero-order valence-electron chi connectivity index (χ0n) is 42.8. The lowest BCUT2D eigenvalue weighted by atomic mass is 9.69. The van der Waals surface area contributed by atoms with Gasteiger partial charge >= 0.3 is 11.9 Å². The Hall–Kier alpha value is -4.92. The summed E-state index contributed by atoms with van der Waals surface area (Å²) in [6, 6.07) is 18.3. The number of nitrogens with one attached hydrogen (secondary N) is 2. The zero-order valence-corrected chi connectivity index (χ0v) is 42.8. The average molecular weight is 1010 g/mol. The first kappa shape index (κ1) is 57.4. The molecule has 14 nitrogen and oxygen atoms in total. The van der Waals surface area contributed by atoms with Crippen molar-refractivity contribution in [1.29, 1.82) is 0 Å². The predicted octanol–water partition coefficient (Wildman–Crippen LogP) is 5.44. The van der Waals surface area contributed by atoms with Gasteiger partial charge in [0.1, 0.15) is 5.75 Å². The third kappa shape index (κ3) is 15.6. The van der Waals surface area contributed by atoms with Gasteiger partial charge in [0.25, 0.3) is 0 Å². The number of rotatable bonds is 17. The number of carboxylic acids is 2. The fourth-order valence-corrected chi connectivity index (χ4v) is 11.6. The molecule has 73 heavy (non-hydrogen) atoms. The molecule has 0 saturated carbocycles. The molecule has 4 heterocycles. The van der Waals surface area contributed by atoms with Crippen LogP contribution in [0.2, 0.25) is 0 Å². The number of fused-ring (bicyclic) bond motifs is 6. The third-order valence-electron chi connectivity index (χ3n) is 15.8. The van der Waals surface area contributed by atoms with Crippen molar-refractivity contribution in [3.05, 3.63) is 123 Å². The van der Waals surface area contributed by atoms with Gasteiger partial charge in [-0.05, 0) is 153 Å². The van der Waals surface area contributed by atoms with Crippen molar-refractivity contribution in [1.82, 2.24) is 10.6 Å². The second-order valence-corrected chi connectivity index (χ2v) is 21.4. The van der Waals surface area contributed by atoms with Gasteiger partial charge < -0.3 is 61.7 Å². The Morgan fingerprint density at radius 2 is 1.68 bits per heavy atom. The fraction of sp³-hybridized carbons (Fsp3) is 0.559. The van der Waals surface area contributed by atoms with Gasteiger partial charge in [-0.25, -0.2) is 0 Å². The number of carboxylic acid groups (broad SMARTS) is 2. The largest absolute Gasteiger partial charge is 0.508 e. The number of aliphatic hydroxyl groups is 7. The van der Waals surface area contributed by atoms with Crippen molar-refractivity contribution in [3.8, 4) is 17.6 Å². The topological polar surface area (TPSA) is 260 Å². The van der Waals surface area contributed by atoms with Crippen LogP contribution in [0.3, 0.4) is 0 Å². The van der Waals surface area contributed by atoms with Crippen LogP contribution in [-0.4, -0.2) is 129 Å². The van der Waals surface area contributed by atoms with Gasteiger partial charge in [-0.15, -0.1) is 0 Å². The molecule has 1 fully saturated rings. The van der Waals surface area contributed by atoms with E-state index in [1.54, 1.807) is 43.3 Å². The molecule has 0 radical (unpaired) electrons. The van der Waals surface area contributed by atoms with E-state index in [4.69, 9.17) is 0 Å². The molecule has 3 aromatic carbocycles. The lowest BCUT2D eigenvalue weighted by molar-refractivity contribution is -0.140. The van der Waals surface area contributed by atoms with E-state index in [9.17, 15) is 60.7 Å². The minimum absolute atomic E-state index is 0.0315. The molecule has 0 aromatic heterocycles. The van der Waals surface area contributed by atoms with Crippen molar-refractivity contribution >= 4 is 11.9 Å². The molecule has 0 spiro atoms. The highest BCUT2D eigenvalue weighted by atomic mass is 16.4. The van der Waals surface area contributed by atoms with Gasteiger partial charge in [-0.2, -0.15) is 0 Å². The van der Waals surface area contributed by atoms with E-state index in [-0.39, 0.29) is 76.0 Å². The molecule has 4 aliphatic rings. The second kappa shape index (κ2) is 26.5. The van der Waals surface area contributed by atoms with Gasteiger partial charge in [0, 0.05) is 43.0 Å². The van der Waals surface area contributed by atoms with Crippen LogP contribution in [0.4, 0.5) is 0 Å². The number of aromatic hydroxyl groups is 1. The molecule has 0 unspecified atom stereocenters. The molecule has 4 aliphatic heterocycles. The number of allylic oxidation sites excluding steroid dienone is 2. The monoisotopic (exact) mass is 1010 g/mol. The molecular weight excluding hydrogens is 929 g/mol. The smallest absolute Gasteiger partial charge is 0.303 e. The molecule has 1 saturated heterocycles. The molecule has 6 bridgehead atoms. The number of aliphatic hydroxyl groups excluding tert-OH is 6. The summed E-state index contributed by atoms with van der Waals surface area (Å²) in [4.78, 5) is 25.0. The Labute approximate surface area is 430 Å². The maximum atomic E-state index is 13.5. The third-order valence-corrected chi connectivity index (χ3v) is 15.8. The number of hydrogen-bond donors (Lipinski definition) is 12. The summed E-state index contributed by atoms with van der Waals surface area (Å²) in [7, 11) is 0. The summed E-state index contributed by atoms with van der Waals surface area (Å²) in [5, 5.41) is 121. The highest BCUT2D eigenvalue weighted by Gasteiger charge is 2.49. The minimum atomic E-state index is -1.70. The number of hydrogen-bond acceptors (Lipinski definition) is 12. The van der Waals surface area contributed by atoms with Crippen LogP contribution in [0.5, 0.6) is 5.75 Å². The average Bonchev–Trinajstić information content (AvgIpc) is 3.51. The van der Waals surface area contributed by atoms with Gasteiger partial charge in [0.05, 0.1) is 54.7 Å². The first-order valence-electron chi connectivity index (χ1n) is 26.4. The van der Waals surface area contributed by atoms with Crippen molar-refractivity contribution < 1.29 is 60.7 Å². The first-order valence-corrected chi connectivity index (χ1v) is 26.4. The predicted molar refractivity (Wildman–Crippen MR) is 280 cm³/mol. The maximum absolute atomic E-state index is 13.5. The summed E-state index contributed by atoms with van der Waals surface area (Å²) in [6.07, 6.45) is 1.40. The van der Waals surface area contributed by atoms with Crippen LogP contribution in [0, 0.1) is 23.7 Å². The van der Waals surface area contributed by atoms with E-state index in [1.165, 1.54) is 0 Å². The van der Waals surface area contributed by atoms with E-state index >= 15 is 0 Å². The van der Waals surface area contributed by atoms with E-state index in [2.05, 4.69) is 22.5 Å². The maximum Gasteiger partial charge on any atom is 0.303 e. The lowest BCUT2D eigenvalue weighted by Gasteiger charge is -2.49. The molecule has 12 N–H and O–H groups in total. The highest BCUT2D eigenvalue weighted by Crippen LogP contribution is 2.40. The number of aryl methyl sites for hydroxylation is 2. The Balaban J connectivity index is 1.69. The number of aliphatic carboxylic acids is 2. The molecular formula is C59H80N2O12. The molecule has 3 aromatic rings. The van der Waals surface area contributed by atoms with Crippen molar-refractivity contribution in [3.63, 3.8) is 0 Å². The Bertz CT molecular complexity index is 2420. The van der Waals surface area contributed by atoms with Crippen molar-refractivity contribution in [2.24, 2.45) is 11.8 Å². The number of unbranched alkanes of at least 4 members (excludes halogenated alkanes) is 1. The van der Waals surface area contributed by atoms with Crippen molar-refractivity contribution in [2.75, 3.05) is 6.61 Å². The minimum Gasteiger partial charge on any atom is -0.508 e. The SMILES string of the molecule is CCCC[C@H](O)[C@H](O)/C=C/C1=C(\C[C@H](O)CO)[C@H]2CC[C@@H](O)[C@@H]3N[C@@H](C)CC[C@H]([C@@H]3CC(=O)O)[C@H](O)Cc3ccc(cc3CCC(=O)O)C[C@@]([C@@](C)(O)Cc3ccc(O)cc3)(CC#Cc3ccccc3CC1)N2. The van der Waals surface area contributed by atoms with E-state index in [0.717, 1.165) is 23.1 Å². The van der Waals surface area contributed by atoms with Crippen LogP contribution < -0.4 is 10.6 Å². The number of phenols is 1. The first-order chi connectivity index (χ1) is 34.8. The van der Waals surface area contributed by atoms with Crippen LogP contribution in [0.25, 0.3) is 0 Å². The summed E-state index contributed by atoms with van der Waals surface area (Å²) in [5.74, 6) is 3.57. The van der Waals surface area contributed by atoms with Crippen LogP contribution >= 0.6 is 0 Å². The second-order valence-electron chi connectivity index (χ2n) is 21.4. The summed E-state index contributed by atoms with van der Waals surface area (Å²) < 4.78 is 0. The van der Waals surface area contributed by atoms with E-state index in [1.807, 2.05) is 56.3 Å². The molecule has 398 valence electrons.